The average Bonchev–Trinajstić information content (AvgIpc) is 2.13. The molecule has 0 aliphatic carbocycles. The van der Waals surface area contributed by atoms with Crippen LogP contribution in [-0.2, 0) is 10.0 Å². The van der Waals surface area contributed by atoms with Gasteiger partial charge in [-0.25, -0.2) is 12.7 Å². The minimum atomic E-state index is -2.94. The molecule has 0 aromatic heterocycles. The second-order valence-electron chi connectivity index (χ2n) is 3.44. The molecule has 88 valence electrons. The molecule has 0 rings (SSSR count). The Bertz CT molecular complexity index is 198. The van der Waals surface area contributed by atoms with Gasteiger partial charge in [0.15, 0.2) is 0 Å². The van der Waals surface area contributed by atoms with Crippen LogP contribution in [0.5, 0.6) is 0 Å². The van der Waals surface area contributed by atoms with Gasteiger partial charge in [-0.1, -0.05) is 40.0 Å². The topological polar surface area (TPSA) is 37.4 Å². The minimum absolute atomic E-state index is 0.634. The molecule has 0 bridgehead atoms. The molecular formula is C10H25NO2S. The second kappa shape index (κ2) is 9.46. The lowest BCUT2D eigenvalue weighted by molar-refractivity contribution is 0.464. The van der Waals surface area contributed by atoms with Crippen LogP contribution in [0.3, 0.4) is 0 Å². The molecule has 4 heteroatoms. The molecule has 0 aliphatic heterocycles. The highest BCUT2D eigenvalue weighted by atomic mass is 32.2. The fourth-order valence-electron chi connectivity index (χ4n) is 0.547. The molecule has 0 radical (unpaired) electrons. The Hall–Kier alpha value is -0.0900. The molecule has 0 unspecified atom stereocenters. The molecule has 0 saturated carbocycles. The summed E-state index contributed by atoms with van der Waals surface area (Å²) in [6.45, 7) is 7.03. The van der Waals surface area contributed by atoms with E-state index in [-0.39, 0.29) is 0 Å². The molecule has 3 nitrogen and oxygen atoms in total. The molecule has 0 fully saturated rings. The van der Waals surface area contributed by atoms with Crippen molar-refractivity contribution >= 4 is 10.0 Å². The number of nitrogens with zero attached hydrogens (tertiary/aromatic N) is 1. The Morgan fingerprint density at radius 1 is 1.00 bits per heavy atom. The van der Waals surface area contributed by atoms with Gasteiger partial charge in [-0.2, -0.15) is 0 Å². The summed E-state index contributed by atoms with van der Waals surface area (Å²) in [7, 11) is -1.34. The standard InChI is InChI=1S/C6H15NO2S.C4H10/c1-4-5-6-7(2)10(3,8)9;1-3-4-2/h4-6H2,1-3H3;3-4H2,1-2H3. The van der Waals surface area contributed by atoms with Gasteiger partial charge in [-0.3, -0.25) is 0 Å². The molecule has 0 atom stereocenters. The van der Waals surface area contributed by atoms with Crippen molar-refractivity contribution in [3.63, 3.8) is 0 Å². The number of sulfonamides is 1. The van der Waals surface area contributed by atoms with Crippen molar-refractivity contribution < 1.29 is 8.42 Å². The van der Waals surface area contributed by atoms with E-state index in [9.17, 15) is 8.42 Å². The van der Waals surface area contributed by atoms with Crippen LogP contribution in [0, 0.1) is 0 Å². The van der Waals surface area contributed by atoms with Gasteiger partial charge in [0.25, 0.3) is 0 Å². The van der Waals surface area contributed by atoms with Crippen molar-refractivity contribution in [3.05, 3.63) is 0 Å². The first-order valence-corrected chi connectivity index (χ1v) is 7.16. The predicted molar refractivity (Wildman–Crippen MR) is 63.0 cm³/mol. The Balaban J connectivity index is 0. The van der Waals surface area contributed by atoms with Crippen LogP contribution in [0.15, 0.2) is 0 Å². The van der Waals surface area contributed by atoms with Crippen LogP contribution in [0.1, 0.15) is 46.5 Å². The highest BCUT2D eigenvalue weighted by Crippen LogP contribution is 1.96. The Morgan fingerprint density at radius 3 is 1.64 bits per heavy atom. The van der Waals surface area contributed by atoms with Gasteiger partial charge in [-0.05, 0) is 6.42 Å². The van der Waals surface area contributed by atoms with Gasteiger partial charge in [0.2, 0.25) is 10.0 Å². The summed E-state index contributed by atoms with van der Waals surface area (Å²) < 4.78 is 22.9. The SMILES string of the molecule is CCCC.CCCCN(C)S(C)(=O)=O. The zero-order valence-electron chi connectivity index (χ0n) is 10.2. The quantitative estimate of drug-likeness (QED) is 0.718. The number of rotatable bonds is 5. The zero-order chi connectivity index (χ0) is 11.6. The lowest BCUT2D eigenvalue weighted by Gasteiger charge is -2.12. The van der Waals surface area contributed by atoms with Crippen molar-refractivity contribution in [2.45, 2.75) is 46.5 Å². The van der Waals surface area contributed by atoms with E-state index < -0.39 is 10.0 Å². The van der Waals surface area contributed by atoms with Crippen molar-refractivity contribution in [2.24, 2.45) is 0 Å². The smallest absolute Gasteiger partial charge is 0.210 e. The lowest BCUT2D eigenvalue weighted by Crippen LogP contribution is -2.26. The van der Waals surface area contributed by atoms with E-state index in [1.54, 1.807) is 7.05 Å². The first-order chi connectivity index (χ1) is 6.40. The number of unbranched alkanes of at least 4 members (excludes halogenated alkanes) is 2. The van der Waals surface area contributed by atoms with E-state index in [0.717, 1.165) is 12.8 Å². The van der Waals surface area contributed by atoms with Gasteiger partial charge in [0.1, 0.15) is 0 Å². The maximum atomic E-state index is 10.8. The monoisotopic (exact) mass is 223 g/mol. The Kier molecular flexibility index (Phi) is 11.0. The van der Waals surface area contributed by atoms with Crippen molar-refractivity contribution in [1.29, 1.82) is 0 Å². The summed E-state index contributed by atoms with van der Waals surface area (Å²) in [5, 5.41) is 0. The fraction of sp³-hybridized carbons (Fsp3) is 1.00. The van der Waals surface area contributed by atoms with Gasteiger partial charge in [-0.15, -0.1) is 0 Å². The minimum Gasteiger partial charge on any atom is -0.213 e. The van der Waals surface area contributed by atoms with Crippen LogP contribution in [0.25, 0.3) is 0 Å². The summed E-state index contributed by atoms with van der Waals surface area (Å²) in [4.78, 5) is 0. The van der Waals surface area contributed by atoms with Crippen molar-refractivity contribution in [2.75, 3.05) is 19.8 Å². The van der Waals surface area contributed by atoms with E-state index in [0.29, 0.717) is 6.54 Å². The molecular weight excluding hydrogens is 198 g/mol. The largest absolute Gasteiger partial charge is 0.213 e. The summed E-state index contributed by atoms with van der Waals surface area (Å²) >= 11 is 0. The van der Waals surface area contributed by atoms with E-state index in [4.69, 9.17) is 0 Å². The second-order valence-corrected chi connectivity index (χ2v) is 5.53. The summed E-state index contributed by atoms with van der Waals surface area (Å²) in [6.07, 6.45) is 5.83. The molecule has 0 aliphatic rings. The highest BCUT2D eigenvalue weighted by Gasteiger charge is 2.08. The molecule has 14 heavy (non-hydrogen) atoms. The van der Waals surface area contributed by atoms with E-state index >= 15 is 0 Å². The summed E-state index contributed by atoms with van der Waals surface area (Å²) in [6, 6.07) is 0. The van der Waals surface area contributed by atoms with E-state index in [2.05, 4.69) is 13.8 Å². The van der Waals surface area contributed by atoms with Crippen LogP contribution in [0.4, 0.5) is 0 Å². The van der Waals surface area contributed by atoms with Gasteiger partial charge in [0, 0.05) is 13.6 Å². The number of hydrogen-bond acceptors (Lipinski definition) is 2. The van der Waals surface area contributed by atoms with Gasteiger partial charge >= 0.3 is 0 Å². The third-order valence-electron chi connectivity index (χ3n) is 1.89. The van der Waals surface area contributed by atoms with Gasteiger partial charge < -0.3 is 0 Å². The van der Waals surface area contributed by atoms with Crippen molar-refractivity contribution in [3.8, 4) is 0 Å². The van der Waals surface area contributed by atoms with Crippen LogP contribution >= 0.6 is 0 Å². The zero-order valence-corrected chi connectivity index (χ0v) is 11.0. The predicted octanol–water partition coefficient (Wildman–Crippen LogP) is 2.48. The Morgan fingerprint density at radius 2 is 1.43 bits per heavy atom. The van der Waals surface area contributed by atoms with E-state index in [1.807, 2.05) is 6.92 Å². The summed E-state index contributed by atoms with van der Waals surface area (Å²) in [5.74, 6) is 0. The summed E-state index contributed by atoms with van der Waals surface area (Å²) in [5.41, 5.74) is 0. The van der Waals surface area contributed by atoms with Gasteiger partial charge in [0.05, 0.1) is 6.26 Å². The Labute approximate surface area is 89.6 Å². The van der Waals surface area contributed by atoms with Crippen molar-refractivity contribution in [1.82, 2.24) is 4.31 Å². The molecule has 0 N–H and O–H groups in total. The number of hydrogen-bond donors (Lipinski definition) is 0. The molecule has 0 heterocycles. The van der Waals surface area contributed by atoms with E-state index in [1.165, 1.54) is 23.4 Å². The van der Waals surface area contributed by atoms with Crippen LogP contribution in [-0.4, -0.2) is 32.6 Å². The molecule has 0 spiro atoms. The molecule has 0 saturated heterocycles. The maximum absolute atomic E-state index is 10.8. The lowest BCUT2D eigenvalue weighted by atomic mass is 10.3. The maximum Gasteiger partial charge on any atom is 0.210 e. The van der Waals surface area contributed by atoms with Crippen LogP contribution < -0.4 is 0 Å². The first kappa shape index (κ1) is 16.3. The average molecular weight is 223 g/mol. The van der Waals surface area contributed by atoms with Crippen LogP contribution in [0.2, 0.25) is 0 Å². The molecule has 0 amide bonds. The molecule has 0 aromatic rings. The third-order valence-corrected chi connectivity index (χ3v) is 3.21. The molecule has 0 aromatic carbocycles. The normalized spacial score (nSPS) is 11.0. The highest BCUT2D eigenvalue weighted by molar-refractivity contribution is 7.88. The first-order valence-electron chi connectivity index (χ1n) is 5.31. The third kappa shape index (κ3) is 11.9. The fourth-order valence-corrected chi connectivity index (χ4v) is 1.01.